The maximum absolute atomic E-state index is 14.3. The molecule has 0 spiro atoms. The second-order valence-electron chi connectivity index (χ2n) is 6.30. The predicted molar refractivity (Wildman–Crippen MR) is 94.3 cm³/mol. The molecule has 0 amide bonds. The summed E-state index contributed by atoms with van der Waals surface area (Å²) in [6.45, 7) is 2.15. The van der Waals surface area contributed by atoms with Crippen LogP contribution in [0.3, 0.4) is 0 Å². The number of hydrogen-bond donors (Lipinski definition) is 1. The van der Waals surface area contributed by atoms with Crippen molar-refractivity contribution in [3.63, 3.8) is 0 Å². The molecule has 126 valence electrons. The molecular weight excluding hydrogens is 373 g/mol. The van der Waals surface area contributed by atoms with Gasteiger partial charge in [-0.05, 0) is 30.7 Å². The number of rotatable bonds is 4. The minimum atomic E-state index is -0.757. The Bertz CT molecular complexity index is 725. The number of nitrogens with one attached hydrogen (secondary N) is 1. The topological polar surface area (TPSA) is 38.3 Å². The Morgan fingerprint density at radius 3 is 2.79 bits per heavy atom. The van der Waals surface area contributed by atoms with Crippen LogP contribution in [0.1, 0.15) is 18.1 Å². The van der Waals surface area contributed by atoms with Crippen LogP contribution in [0.2, 0.25) is 0 Å². The van der Waals surface area contributed by atoms with E-state index in [4.69, 9.17) is 4.74 Å². The Labute approximate surface area is 149 Å². The lowest BCUT2D eigenvalue weighted by Crippen LogP contribution is -2.60. The third kappa shape index (κ3) is 3.58. The monoisotopic (exact) mass is 391 g/mol. The summed E-state index contributed by atoms with van der Waals surface area (Å²) in [5, 5.41) is 3.28. The molecule has 1 unspecified atom stereocenters. The predicted octanol–water partition coefficient (Wildman–Crippen LogP) is 3.60. The molecule has 3 nitrogen and oxygen atoms in total. The Morgan fingerprint density at radius 1 is 1.33 bits per heavy atom. The molecule has 0 radical (unpaired) electrons. The van der Waals surface area contributed by atoms with Gasteiger partial charge in [0.2, 0.25) is 0 Å². The Hall–Kier alpha value is -1.56. The zero-order chi connectivity index (χ0) is 17.2. The van der Waals surface area contributed by atoms with E-state index >= 15 is 0 Å². The standard InChI is InChI=1S/C19H19BrFNO2/c1-19(15-10-14(20)7-8-16(15)21)12-24-18(17(11-23)22-19)9-13-5-3-2-4-6-13/h2-8,10-11,17-18,22H,9,12H2,1H3/t17?,18-,19-/m0/s1. The van der Waals surface area contributed by atoms with Gasteiger partial charge in [0.15, 0.2) is 0 Å². The Kier molecular flexibility index (Phi) is 5.13. The van der Waals surface area contributed by atoms with E-state index < -0.39 is 11.6 Å². The summed E-state index contributed by atoms with van der Waals surface area (Å²) < 4.78 is 21.0. The van der Waals surface area contributed by atoms with Gasteiger partial charge in [-0.3, -0.25) is 5.32 Å². The van der Waals surface area contributed by atoms with Crippen molar-refractivity contribution < 1.29 is 13.9 Å². The van der Waals surface area contributed by atoms with Crippen molar-refractivity contribution in [2.75, 3.05) is 6.61 Å². The number of aldehydes is 1. The molecule has 1 N–H and O–H groups in total. The Balaban J connectivity index is 1.81. The fraction of sp³-hybridized carbons (Fsp3) is 0.316. The van der Waals surface area contributed by atoms with Gasteiger partial charge < -0.3 is 9.53 Å². The van der Waals surface area contributed by atoms with Crippen molar-refractivity contribution in [3.05, 3.63) is 69.9 Å². The van der Waals surface area contributed by atoms with E-state index in [-0.39, 0.29) is 11.9 Å². The summed E-state index contributed by atoms with van der Waals surface area (Å²) in [5.41, 5.74) is 0.836. The van der Waals surface area contributed by atoms with E-state index in [1.807, 2.05) is 37.3 Å². The van der Waals surface area contributed by atoms with Crippen LogP contribution in [0.4, 0.5) is 4.39 Å². The molecule has 0 bridgehead atoms. The van der Waals surface area contributed by atoms with Crippen molar-refractivity contribution in [1.82, 2.24) is 5.32 Å². The SMILES string of the molecule is C[C@@]1(c2cc(Br)ccc2F)CO[C@@H](Cc2ccccc2)C(C=O)N1. The van der Waals surface area contributed by atoms with Crippen molar-refractivity contribution in [2.24, 2.45) is 0 Å². The minimum Gasteiger partial charge on any atom is -0.374 e. The smallest absolute Gasteiger partial charge is 0.139 e. The van der Waals surface area contributed by atoms with Gasteiger partial charge in [-0.15, -0.1) is 0 Å². The summed E-state index contributed by atoms with van der Waals surface area (Å²) in [5.74, 6) is -0.317. The first kappa shape index (κ1) is 17.3. The van der Waals surface area contributed by atoms with Crippen molar-refractivity contribution >= 4 is 22.2 Å². The van der Waals surface area contributed by atoms with E-state index in [1.54, 1.807) is 12.1 Å². The van der Waals surface area contributed by atoms with Crippen LogP contribution in [0.15, 0.2) is 53.0 Å². The molecule has 24 heavy (non-hydrogen) atoms. The maximum atomic E-state index is 14.3. The third-order valence-electron chi connectivity index (χ3n) is 4.42. The molecule has 2 aromatic carbocycles. The number of carbonyl (C=O) groups is 1. The third-order valence-corrected chi connectivity index (χ3v) is 4.91. The molecule has 1 saturated heterocycles. The van der Waals surface area contributed by atoms with Crippen molar-refractivity contribution in [3.8, 4) is 0 Å². The van der Waals surface area contributed by atoms with Crippen LogP contribution in [0, 0.1) is 5.82 Å². The van der Waals surface area contributed by atoms with Gasteiger partial charge in [0.1, 0.15) is 12.1 Å². The molecule has 2 aromatic rings. The van der Waals surface area contributed by atoms with Gasteiger partial charge in [-0.1, -0.05) is 46.3 Å². The fourth-order valence-electron chi connectivity index (χ4n) is 3.11. The molecular formula is C19H19BrFNO2. The highest BCUT2D eigenvalue weighted by Gasteiger charge is 2.40. The molecule has 1 heterocycles. The summed E-state index contributed by atoms with van der Waals surface area (Å²) in [6, 6.07) is 14.2. The number of morpholine rings is 1. The quantitative estimate of drug-likeness (QED) is 0.809. The molecule has 0 aromatic heterocycles. The molecule has 1 aliphatic heterocycles. The average molecular weight is 392 g/mol. The fourth-order valence-corrected chi connectivity index (χ4v) is 3.47. The van der Waals surface area contributed by atoms with Crippen LogP contribution >= 0.6 is 15.9 Å². The van der Waals surface area contributed by atoms with Gasteiger partial charge in [-0.25, -0.2) is 4.39 Å². The lowest BCUT2D eigenvalue weighted by molar-refractivity contribution is -0.121. The molecule has 3 atom stereocenters. The highest BCUT2D eigenvalue weighted by Crippen LogP contribution is 2.31. The summed E-state index contributed by atoms with van der Waals surface area (Å²) >= 11 is 3.37. The number of carbonyl (C=O) groups excluding carboxylic acids is 1. The number of hydrogen-bond acceptors (Lipinski definition) is 3. The zero-order valence-electron chi connectivity index (χ0n) is 13.3. The molecule has 3 rings (SSSR count). The molecule has 0 aliphatic carbocycles. The summed E-state index contributed by atoms with van der Waals surface area (Å²) in [4.78, 5) is 11.6. The van der Waals surface area contributed by atoms with Crippen molar-refractivity contribution in [2.45, 2.75) is 31.0 Å². The minimum absolute atomic E-state index is 0.270. The first-order chi connectivity index (χ1) is 11.5. The number of ether oxygens (including phenoxy) is 1. The summed E-state index contributed by atoms with van der Waals surface area (Å²) in [6.07, 6.45) is 1.21. The normalized spacial score (nSPS) is 27.0. The van der Waals surface area contributed by atoms with Crippen molar-refractivity contribution in [1.29, 1.82) is 0 Å². The Morgan fingerprint density at radius 2 is 2.08 bits per heavy atom. The molecule has 1 aliphatic rings. The van der Waals surface area contributed by atoms with E-state index in [0.29, 0.717) is 18.6 Å². The van der Waals surface area contributed by atoms with Gasteiger partial charge in [0.05, 0.1) is 24.3 Å². The lowest BCUT2D eigenvalue weighted by Gasteiger charge is -2.42. The van der Waals surface area contributed by atoms with Crippen LogP contribution in [0.5, 0.6) is 0 Å². The second kappa shape index (κ2) is 7.13. The van der Waals surface area contributed by atoms with Crippen LogP contribution in [-0.4, -0.2) is 25.0 Å². The van der Waals surface area contributed by atoms with Crippen LogP contribution in [0.25, 0.3) is 0 Å². The number of benzene rings is 2. The largest absolute Gasteiger partial charge is 0.374 e. The first-order valence-corrected chi connectivity index (χ1v) is 8.65. The lowest BCUT2D eigenvalue weighted by atomic mass is 9.88. The van der Waals surface area contributed by atoms with E-state index in [1.165, 1.54) is 6.07 Å². The molecule has 1 fully saturated rings. The van der Waals surface area contributed by atoms with Gasteiger partial charge in [0.25, 0.3) is 0 Å². The highest BCUT2D eigenvalue weighted by atomic mass is 79.9. The molecule has 0 saturated carbocycles. The zero-order valence-corrected chi connectivity index (χ0v) is 14.9. The summed E-state index contributed by atoms with van der Waals surface area (Å²) in [7, 11) is 0. The molecule has 5 heteroatoms. The van der Waals surface area contributed by atoms with E-state index in [0.717, 1.165) is 16.3 Å². The van der Waals surface area contributed by atoms with E-state index in [2.05, 4.69) is 21.2 Å². The van der Waals surface area contributed by atoms with Gasteiger partial charge in [0, 0.05) is 16.5 Å². The number of halogens is 2. The highest BCUT2D eigenvalue weighted by molar-refractivity contribution is 9.10. The first-order valence-electron chi connectivity index (χ1n) is 7.86. The van der Waals surface area contributed by atoms with Crippen LogP contribution < -0.4 is 5.32 Å². The van der Waals surface area contributed by atoms with E-state index in [9.17, 15) is 9.18 Å². The average Bonchev–Trinajstić information content (AvgIpc) is 2.59. The second-order valence-corrected chi connectivity index (χ2v) is 7.22. The maximum Gasteiger partial charge on any atom is 0.139 e. The van der Waals surface area contributed by atoms with Gasteiger partial charge >= 0.3 is 0 Å². The van der Waals surface area contributed by atoms with Crippen LogP contribution in [-0.2, 0) is 21.5 Å². The van der Waals surface area contributed by atoms with Gasteiger partial charge in [-0.2, -0.15) is 0 Å².